The maximum Gasteiger partial charge on any atom is 0.0610 e. The molecule has 0 heterocycles. The van der Waals surface area contributed by atoms with Gasteiger partial charge in [0.15, 0.2) is 0 Å². The predicted octanol–water partition coefficient (Wildman–Crippen LogP) is 3.50. The first-order chi connectivity index (χ1) is 8.70. The minimum atomic E-state index is -0.149. The van der Waals surface area contributed by atoms with Crippen molar-refractivity contribution in [3.05, 3.63) is 35.9 Å². The van der Waals surface area contributed by atoms with Crippen LogP contribution in [0.5, 0.6) is 0 Å². The van der Waals surface area contributed by atoms with Crippen LogP contribution in [-0.4, -0.2) is 17.3 Å². The van der Waals surface area contributed by atoms with Gasteiger partial charge >= 0.3 is 0 Å². The summed E-state index contributed by atoms with van der Waals surface area (Å²) in [7, 11) is 0. The number of nitrogens with one attached hydrogen (secondary N) is 1. The van der Waals surface area contributed by atoms with Crippen LogP contribution in [0.3, 0.4) is 0 Å². The molecule has 0 spiro atoms. The van der Waals surface area contributed by atoms with Gasteiger partial charge in [-0.15, -0.1) is 0 Å². The van der Waals surface area contributed by atoms with E-state index >= 15 is 0 Å². The van der Waals surface area contributed by atoms with E-state index in [-0.39, 0.29) is 12.1 Å². The first-order valence-electron chi connectivity index (χ1n) is 7.10. The van der Waals surface area contributed by atoms with Crippen LogP contribution in [0.25, 0.3) is 0 Å². The summed E-state index contributed by atoms with van der Waals surface area (Å²) >= 11 is 0. The molecule has 1 rings (SSSR count). The van der Waals surface area contributed by atoms with Gasteiger partial charge in [0, 0.05) is 12.1 Å². The zero-order chi connectivity index (χ0) is 13.3. The van der Waals surface area contributed by atoms with Crippen molar-refractivity contribution in [3.63, 3.8) is 0 Å². The van der Waals surface area contributed by atoms with E-state index in [2.05, 4.69) is 43.4 Å². The molecule has 0 fully saturated rings. The lowest BCUT2D eigenvalue weighted by atomic mass is 9.94. The van der Waals surface area contributed by atoms with Crippen LogP contribution in [0.15, 0.2) is 30.3 Å². The zero-order valence-electron chi connectivity index (χ0n) is 11.8. The van der Waals surface area contributed by atoms with Gasteiger partial charge in [-0.05, 0) is 18.9 Å². The zero-order valence-corrected chi connectivity index (χ0v) is 11.8. The second-order valence-electron chi connectivity index (χ2n) is 5.37. The minimum Gasteiger partial charge on any atom is -0.394 e. The Morgan fingerprint density at radius 3 is 2.44 bits per heavy atom. The van der Waals surface area contributed by atoms with Gasteiger partial charge in [-0.1, -0.05) is 62.9 Å². The van der Waals surface area contributed by atoms with E-state index in [1.165, 1.54) is 31.2 Å². The van der Waals surface area contributed by atoms with E-state index in [1.807, 2.05) is 6.07 Å². The Morgan fingerprint density at radius 2 is 1.83 bits per heavy atom. The number of aliphatic hydroxyl groups is 1. The van der Waals surface area contributed by atoms with E-state index in [1.54, 1.807) is 0 Å². The summed E-state index contributed by atoms with van der Waals surface area (Å²) in [6.45, 7) is 5.36. The van der Waals surface area contributed by atoms with Crippen molar-refractivity contribution >= 4 is 0 Å². The summed E-state index contributed by atoms with van der Waals surface area (Å²) in [6, 6.07) is 10.4. The molecule has 0 saturated carbocycles. The maximum atomic E-state index is 9.56. The van der Waals surface area contributed by atoms with Gasteiger partial charge < -0.3 is 10.4 Å². The smallest absolute Gasteiger partial charge is 0.0610 e. The van der Waals surface area contributed by atoms with Crippen LogP contribution < -0.4 is 5.32 Å². The highest BCUT2D eigenvalue weighted by atomic mass is 16.3. The lowest BCUT2D eigenvalue weighted by molar-refractivity contribution is 0.161. The Hall–Kier alpha value is -0.860. The van der Waals surface area contributed by atoms with Gasteiger partial charge in [0.25, 0.3) is 0 Å². The fraction of sp³-hybridized carbons (Fsp3) is 0.625. The molecule has 18 heavy (non-hydrogen) atoms. The van der Waals surface area contributed by atoms with E-state index in [0.29, 0.717) is 0 Å². The lowest BCUT2D eigenvalue weighted by Gasteiger charge is -2.29. The van der Waals surface area contributed by atoms with Gasteiger partial charge in [-0.3, -0.25) is 0 Å². The number of aliphatic hydroxyl groups excluding tert-OH is 1. The molecule has 0 saturated heterocycles. The summed E-state index contributed by atoms with van der Waals surface area (Å²) in [4.78, 5) is 0. The van der Waals surface area contributed by atoms with Crippen LogP contribution in [0, 0.1) is 0 Å². The minimum absolute atomic E-state index is 0.149. The summed E-state index contributed by atoms with van der Waals surface area (Å²) in [5.41, 5.74) is 1.12. The lowest BCUT2D eigenvalue weighted by Crippen LogP contribution is -2.45. The van der Waals surface area contributed by atoms with Crippen molar-refractivity contribution in [1.29, 1.82) is 0 Å². The number of hydrogen-bond acceptors (Lipinski definition) is 2. The first kappa shape index (κ1) is 15.2. The van der Waals surface area contributed by atoms with Crippen molar-refractivity contribution in [1.82, 2.24) is 5.32 Å². The molecule has 0 aliphatic heterocycles. The van der Waals surface area contributed by atoms with Gasteiger partial charge in [0.05, 0.1) is 6.61 Å². The predicted molar refractivity (Wildman–Crippen MR) is 77.5 cm³/mol. The fourth-order valence-electron chi connectivity index (χ4n) is 2.08. The average Bonchev–Trinajstić information content (AvgIpc) is 2.43. The van der Waals surface area contributed by atoms with Crippen LogP contribution in [-0.2, 0) is 6.54 Å². The molecule has 0 bridgehead atoms. The third kappa shape index (κ3) is 5.65. The Labute approximate surface area is 111 Å². The number of rotatable bonds is 9. The molecule has 102 valence electrons. The Morgan fingerprint density at radius 1 is 1.11 bits per heavy atom. The summed E-state index contributed by atoms with van der Waals surface area (Å²) in [5.74, 6) is 0. The standard InChI is InChI=1S/C16H27NO/c1-3-4-5-9-12-16(2,14-18)17-13-15-10-7-6-8-11-15/h6-8,10-11,17-18H,3-5,9,12-14H2,1-2H3. The Kier molecular flexibility index (Phi) is 6.99. The number of unbranched alkanes of at least 4 members (excludes halogenated alkanes) is 3. The Balaban J connectivity index is 2.35. The molecular weight excluding hydrogens is 222 g/mol. The molecule has 1 aromatic carbocycles. The molecule has 0 aliphatic rings. The quantitative estimate of drug-likeness (QED) is 0.657. The SMILES string of the molecule is CCCCCCC(C)(CO)NCc1ccccc1. The highest BCUT2D eigenvalue weighted by Gasteiger charge is 2.21. The van der Waals surface area contributed by atoms with E-state index < -0.39 is 0 Å². The third-order valence-electron chi connectivity index (χ3n) is 3.49. The molecule has 0 radical (unpaired) electrons. The number of hydrogen-bond donors (Lipinski definition) is 2. The topological polar surface area (TPSA) is 32.3 Å². The van der Waals surface area contributed by atoms with E-state index in [4.69, 9.17) is 0 Å². The third-order valence-corrected chi connectivity index (χ3v) is 3.49. The summed E-state index contributed by atoms with van der Waals surface area (Å²) in [5, 5.41) is 13.0. The number of benzene rings is 1. The molecular formula is C16H27NO. The van der Waals surface area contributed by atoms with Gasteiger partial charge in [0.2, 0.25) is 0 Å². The van der Waals surface area contributed by atoms with Crippen LogP contribution in [0.1, 0.15) is 51.5 Å². The summed E-state index contributed by atoms with van der Waals surface area (Å²) in [6.07, 6.45) is 6.04. The Bertz CT molecular complexity index is 312. The largest absolute Gasteiger partial charge is 0.394 e. The monoisotopic (exact) mass is 249 g/mol. The second-order valence-corrected chi connectivity index (χ2v) is 5.37. The van der Waals surface area contributed by atoms with Crippen molar-refractivity contribution in [2.75, 3.05) is 6.61 Å². The maximum absolute atomic E-state index is 9.56. The molecule has 0 amide bonds. The summed E-state index contributed by atoms with van der Waals surface area (Å²) < 4.78 is 0. The highest BCUT2D eigenvalue weighted by molar-refractivity contribution is 5.14. The highest BCUT2D eigenvalue weighted by Crippen LogP contribution is 2.15. The van der Waals surface area contributed by atoms with E-state index in [0.717, 1.165) is 13.0 Å². The van der Waals surface area contributed by atoms with Crippen LogP contribution in [0.2, 0.25) is 0 Å². The van der Waals surface area contributed by atoms with Crippen molar-refractivity contribution < 1.29 is 5.11 Å². The molecule has 0 aliphatic carbocycles. The first-order valence-corrected chi connectivity index (χ1v) is 7.10. The molecule has 2 heteroatoms. The molecule has 1 unspecified atom stereocenters. The molecule has 2 nitrogen and oxygen atoms in total. The second kappa shape index (κ2) is 8.28. The molecule has 1 aromatic rings. The molecule has 0 aromatic heterocycles. The van der Waals surface area contributed by atoms with Crippen molar-refractivity contribution in [2.45, 2.75) is 58.0 Å². The average molecular weight is 249 g/mol. The van der Waals surface area contributed by atoms with E-state index in [9.17, 15) is 5.11 Å². The van der Waals surface area contributed by atoms with Gasteiger partial charge in [0.1, 0.15) is 0 Å². The van der Waals surface area contributed by atoms with Gasteiger partial charge in [-0.2, -0.15) is 0 Å². The van der Waals surface area contributed by atoms with Crippen molar-refractivity contribution in [3.8, 4) is 0 Å². The molecule has 1 atom stereocenters. The molecule has 2 N–H and O–H groups in total. The van der Waals surface area contributed by atoms with Gasteiger partial charge in [-0.25, -0.2) is 0 Å². The fourth-order valence-corrected chi connectivity index (χ4v) is 2.08. The normalized spacial score (nSPS) is 14.4. The van der Waals surface area contributed by atoms with Crippen LogP contribution >= 0.6 is 0 Å². The van der Waals surface area contributed by atoms with Crippen LogP contribution in [0.4, 0.5) is 0 Å². The van der Waals surface area contributed by atoms with Crippen molar-refractivity contribution in [2.24, 2.45) is 0 Å².